The Balaban J connectivity index is 1.22. The van der Waals surface area contributed by atoms with Gasteiger partial charge in [-0.2, -0.15) is 0 Å². The van der Waals surface area contributed by atoms with Gasteiger partial charge >= 0.3 is 5.97 Å². The number of carbonyl (C=O) groups excluding carboxylic acids is 5. The lowest BCUT2D eigenvalue weighted by Gasteiger charge is -2.43. The van der Waals surface area contributed by atoms with Crippen LogP contribution >= 0.6 is 23.2 Å². The number of halogens is 2. The quantitative estimate of drug-likeness (QED) is 0.0707. The van der Waals surface area contributed by atoms with Crippen LogP contribution in [0, 0.1) is 11.8 Å². The summed E-state index contributed by atoms with van der Waals surface area (Å²) < 4.78 is 7.13. The van der Waals surface area contributed by atoms with Crippen molar-refractivity contribution in [1.82, 2.24) is 25.3 Å². The molecule has 2 N–H and O–H groups in total. The number of hydrogen-bond donors (Lipinski definition) is 2. The van der Waals surface area contributed by atoms with Crippen molar-refractivity contribution < 1.29 is 28.7 Å². The number of carbonyl (C=O) groups is 5. The minimum atomic E-state index is -1.57. The van der Waals surface area contributed by atoms with E-state index in [4.69, 9.17) is 27.9 Å². The maximum atomic E-state index is 15.7. The molecule has 1 unspecified atom stereocenters. The molecule has 2 saturated carbocycles. The smallest absolute Gasteiger partial charge is 0.312 e. The van der Waals surface area contributed by atoms with Crippen LogP contribution in [0.1, 0.15) is 190 Å². The van der Waals surface area contributed by atoms with E-state index in [9.17, 15) is 4.79 Å². The van der Waals surface area contributed by atoms with Crippen molar-refractivity contribution in [3.8, 4) is 0 Å². The summed E-state index contributed by atoms with van der Waals surface area (Å²) in [4.78, 5) is 80.6. The van der Waals surface area contributed by atoms with Gasteiger partial charge in [-0.3, -0.25) is 24.0 Å². The van der Waals surface area contributed by atoms with E-state index in [-0.39, 0.29) is 17.7 Å². The molecule has 80 heavy (non-hydrogen) atoms. The second-order valence-corrected chi connectivity index (χ2v) is 24.4. The number of benzene rings is 4. The molecule has 3 aliphatic rings. The molecule has 0 radical (unpaired) electrons. The van der Waals surface area contributed by atoms with Crippen LogP contribution in [0.15, 0.2) is 103 Å². The van der Waals surface area contributed by atoms with E-state index in [1.165, 1.54) is 86.0 Å². The average Bonchev–Trinajstić information content (AvgIpc) is 4.09. The zero-order chi connectivity index (χ0) is 57.2. The summed E-state index contributed by atoms with van der Waals surface area (Å²) in [6.07, 6.45) is 21.4. The number of likely N-dealkylation sites (N-methyl/N-ethyl adjacent to an activating group) is 3. The van der Waals surface area contributed by atoms with Crippen LogP contribution in [-0.4, -0.2) is 102 Å². The Morgan fingerprint density at radius 2 is 1.16 bits per heavy atom. The lowest BCUT2D eigenvalue weighted by Crippen LogP contribution is -2.65. The van der Waals surface area contributed by atoms with Crippen molar-refractivity contribution in [3.63, 3.8) is 0 Å². The van der Waals surface area contributed by atoms with Crippen molar-refractivity contribution >= 4 is 52.8 Å². The largest absolute Gasteiger partial charge is 0.444 e. The molecule has 4 aromatic rings. The van der Waals surface area contributed by atoms with Crippen molar-refractivity contribution in [2.75, 3.05) is 33.7 Å². The summed E-state index contributed by atoms with van der Waals surface area (Å²) in [5.74, 6) is -3.46. The first-order valence-electron chi connectivity index (χ1n) is 30.4. The van der Waals surface area contributed by atoms with Gasteiger partial charge in [0, 0.05) is 53.9 Å². The van der Waals surface area contributed by atoms with Crippen molar-refractivity contribution in [3.05, 3.63) is 141 Å². The van der Waals surface area contributed by atoms with Gasteiger partial charge in [-0.15, -0.1) is 0 Å². The Morgan fingerprint density at radius 3 is 1.73 bits per heavy atom. The molecule has 4 aromatic carbocycles. The number of nitrogens with zero attached hydrogens (tertiary/aromatic N) is 3. The number of nitrogens with one attached hydrogen (secondary N) is 2. The molecule has 1 aliphatic heterocycles. The molecule has 7 rings (SSSR count). The predicted molar refractivity (Wildman–Crippen MR) is 323 cm³/mol. The fourth-order valence-electron chi connectivity index (χ4n) is 13.1. The van der Waals surface area contributed by atoms with Gasteiger partial charge in [0.05, 0.1) is 12.0 Å². The van der Waals surface area contributed by atoms with E-state index in [0.717, 1.165) is 37.7 Å². The number of esters is 1. The molecular formula is C67H91Cl2N5O6. The fraction of sp³-hybridized carbons (Fsp3) is 0.567. The van der Waals surface area contributed by atoms with E-state index in [0.29, 0.717) is 84.4 Å². The minimum Gasteiger partial charge on any atom is -0.444 e. The van der Waals surface area contributed by atoms with E-state index >= 15 is 19.2 Å². The van der Waals surface area contributed by atoms with Gasteiger partial charge in [0.2, 0.25) is 23.6 Å². The Hall–Kier alpha value is -5.23. The maximum absolute atomic E-state index is 15.7. The molecule has 5 atom stereocenters. The highest BCUT2D eigenvalue weighted by molar-refractivity contribution is 6.31. The third-order valence-corrected chi connectivity index (χ3v) is 18.3. The number of rotatable bonds is 19. The van der Waals surface area contributed by atoms with Gasteiger partial charge in [0.15, 0.2) is 5.60 Å². The van der Waals surface area contributed by atoms with E-state index in [1.807, 2.05) is 87.5 Å². The molecule has 1 heterocycles. The van der Waals surface area contributed by atoms with Crippen molar-refractivity contribution in [1.29, 1.82) is 0 Å². The zero-order valence-electron chi connectivity index (χ0n) is 48.8. The van der Waals surface area contributed by atoms with Crippen molar-refractivity contribution in [2.45, 2.75) is 198 Å². The molecule has 1 saturated heterocycles. The lowest BCUT2D eigenvalue weighted by atomic mass is 9.78. The Labute approximate surface area is 488 Å². The second-order valence-electron chi connectivity index (χ2n) is 23.6. The predicted octanol–water partition coefficient (Wildman–Crippen LogP) is 13.6. The van der Waals surface area contributed by atoms with Crippen LogP contribution in [0.4, 0.5) is 0 Å². The Bertz CT molecular complexity index is 2620. The van der Waals surface area contributed by atoms with E-state index < -0.39 is 53.0 Å². The van der Waals surface area contributed by atoms with Crippen LogP contribution in [0.3, 0.4) is 0 Å². The molecule has 0 spiro atoms. The average molecular weight is 1130 g/mol. The molecule has 13 heteroatoms. The van der Waals surface area contributed by atoms with Crippen LogP contribution in [0.5, 0.6) is 0 Å². The van der Waals surface area contributed by atoms with E-state index in [1.54, 1.807) is 38.1 Å². The first kappa shape index (κ1) is 62.4. The number of hydrogen-bond acceptors (Lipinski definition) is 7. The standard InChI is InChI=1S/C67H91Cl2N5O6/c1-7-70-58(47-52-33-23-25-37-56(52)68)61(75)71-66(43-27-28-44-66)65(79)73(6)59(48(2)3)62(76)72(5)60(63(77)74-45-29-18-30-46-74)49(4)64(78)80-67(53-34-21-17-22-35-53,55-36-24-26-38-57(55)69)54-41-39-51(40-42-54)50-31-19-15-13-11-9-8-10-12-14-16-20-32-50/h17,21-26,33-42,48-50,58-60,70H,7-16,18-20,27-32,43-47H2,1-6H3,(H,71,75)/t49-,58+,59+,60+,67?/m1/s1. The Morgan fingerprint density at radius 1 is 0.637 bits per heavy atom. The number of ether oxygens (including phenoxy) is 1. The highest BCUT2D eigenvalue weighted by atomic mass is 35.5. The lowest BCUT2D eigenvalue weighted by molar-refractivity contribution is -0.167. The third-order valence-electron chi connectivity index (χ3n) is 17.6. The zero-order valence-corrected chi connectivity index (χ0v) is 50.3. The summed E-state index contributed by atoms with van der Waals surface area (Å²) in [6.45, 7) is 8.83. The molecule has 0 bridgehead atoms. The number of piperidine rings is 1. The van der Waals surface area contributed by atoms with Gasteiger partial charge in [-0.25, -0.2) is 0 Å². The molecule has 11 nitrogen and oxygen atoms in total. The normalized spacial score (nSPS) is 19.1. The van der Waals surface area contributed by atoms with Gasteiger partial charge < -0.3 is 30.1 Å². The summed E-state index contributed by atoms with van der Waals surface area (Å²) in [6, 6.07) is 30.0. The summed E-state index contributed by atoms with van der Waals surface area (Å²) in [7, 11) is 3.18. The molecule has 4 amide bonds. The minimum absolute atomic E-state index is 0.321. The topological polar surface area (TPSA) is 128 Å². The summed E-state index contributed by atoms with van der Waals surface area (Å²) in [5.41, 5.74) is 1.19. The van der Waals surface area contributed by atoms with Crippen LogP contribution in [-0.2, 0) is 40.7 Å². The second kappa shape index (κ2) is 30.2. The number of amides is 4. The van der Waals surface area contributed by atoms with Gasteiger partial charge in [0.25, 0.3) is 0 Å². The highest BCUT2D eigenvalue weighted by Gasteiger charge is 2.51. The molecular weight excluding hydrogens is 1040 g/mol. The van der Waals surface area contributed by atoms with Crippen molar-refractivity contribution in [2.24, 2.45) is 11.8 Å². The van der Waals surface area contributed by atoms with Crippen LogP contribution < -0.4 is 10.6 Å². The SMILES string of the molecule is CCN[C@@H](Cc1ccccc1Cl)C(=O)NC1(C(=O)N(C)[C@H](C(=O)N(C)[C@H](C(=O)N2CCCCC2)[C@@H](C)C(=O)OC(c2ccccc2)(c2ccc(C3CCCCCCCCCCCCC3)cc2)c2ccccc2Cl)C(C)C)CCCC1. The maximum Gasteiger partial charge on any atom is 0.312 e. The first-order chi connectivity index (χ1) is 38.6. The molecule has 2 aliphatic carbocycles. The highest BCUT2D eigenvalue weighted by Crippen LogP contribution is 2.45. The fourth-order valence-corrected chi connectivity index (χ4v) is 13.6. The molecule has 0 aromatic heterocycles. The van der Waals surface area contributed by atoms with Gasteiger partial charge in [-0.1, -0.05) is 218 Å². The summed E-state index contributed by atoms with van der Waals surface area (Å²) in [5, 5.41) is 7.44. The van der Waals surface area contributed by atoms with Crippen LogP contribution in [0.2, 0.25) is 10.0 Å². The monoisotopic (exact) mass is 1130 g/mol. The van der Waals surface area contributed by atoms with Crippen LogP contribution in [0.25, 0.3) is 0 Å². The van der Waals surface area contributed by atoms with Gasteiger partial charge in [-0.05, 0) is 99.9 Å². The van der Waals surface area contributed by atoms with E-state index in [2.05, 4.69) is 34.9 Å². The Kier molecular flexibility index (Phi) is 23.5. The number of likely N-dealkylation sites (tertiary alicyclic amines) is 1. The summed E-state index contributed by atoms with van der Waals surface area (Å²) >= 11 is 13.8. The molecule has 434 valence electrons. The third kappa shape index (κ3) is 15.3. The molecule has 3 fully saturated rings. The first-order valence-corrected chi connectivity index (χ1v) is 31.1. The van der Waals surface area contributed by atoms with Gasteiger partial charge in [0.1, 0.15) is 17.6 Å².